The van der Waals surface area contributed by atoms with Crippen molar-refractivity contribution in [3.8, 4) is 5.75 Å². The van der Waals surface area contributed by atoms with Gasteiger partial charge in [0.05, 0.1) is 30.5 Å². The van der Waals surface area contributed by atoms with Crippen molar-refractivity contribution in [2.45, 2.75) is 70.4 Å². The molecule has 1 spiro atoms. The molecule has 4 rings (SSSR count). The normalized spacial score (nSPS) is 24.3. The van der Waals surface area contributed by atoms with E-state index in [0.717, 1.165) is 54.8 Å². The molecule has 2 heterocycles. The monoisotopic (exact) mass is 407 g/mol. The summed E-state index contributed by atoms with van der Waals surface area (Å²) in [4.78, 5) is 2.25. The van der Waals surface area contributed by atoms with Gasteiger partial charge in [-0.3, -0.25) is 4.90 Å². The van der Waals surface area contributed by atoms with E-state index in [4.69, 9.17) is 9.47 Å². The van der Waals surface area contributed by atoms with E-state index in [0.29, 0.717) is 6.42 Å². The summed E-state index contributed by atoms with van der Waals surface area (Å²) in [5.74, 6) is 0.935. The number of likely N-dealkylation sites (tertiary alicyclic amines) is 1. The van der Waals surface area contributed by atoms with Gasteiger partial charge in [-0.15, -0.1) is 0 Å². The van der Waals surface area contributed by atoms with Crippen LogP contribution in [0.25, 0.3) is 0 Å². The van der Waals surface area contributed by atoms with Gasteiger partial charge in [0.1, 0.15) is 5.75 Å². The first-order chi connectivity index (χ1) is 14.4. The van der Waals surface area contributed by atoms with Gasteiger partial charge >= 0.3 is 0 Å². The Kier molecular flexibility index (Phi) is 6.47. The van der Waals surface area contributed by atoms with E-state index in [1.165, 1.54) is 0 Å². The predicted molar refractivity (Wildman–Crippen MR) is 118 cm³/mol. The molecule has 2 aliphatic heterocycles. The molecule has 2 saturated heterocycles. The Morgan fingerprint density at radius 2 is 1.87 bits per heavy atom. The first-order valence-corrected chi connectivity index (χ1v) is 11.1. The summed E-state index contributed by atoms with van der Waals surface area (Å²) in [5, 5.41) is 10.6. The van der Waals surface area contributed by atoms with Crippen LogP contribution >= 0.6 is 0 Å². The molecule has 4 nitrogen and oxygen atoms in total. The summed E-state index contributed by atoms with van der Waals surface area (Å²) in [6, 6.07) is 16.5. The van der Waals surface area contributed by atoms with Gasteiger partial charge in [0.25, 0.3) is 0 Å². The summed E-state index contributed by atoms with van der Waals surface area (Å²) in [7, 11) is 0. The lowest BCUT2D eigenvalue weighted by atomic mass is 9.81. The zero-order valence-electron chi connectivity index (χ0n) is 18.3. The first kappa shape index (κ1) is 21.4. The molecule has 2 fully saturated rings. The first-order valence-electron chi connectivity index (χ1n) is 11.1. The second-order valence-corrected chi connectivity index (χ2v) is 9.04. The van der Waals surface area contributed by atoms with Crippen LogP contribution in [0, 0.1) is 13.5 Å². The number of hydrogen-bond acceptors (Lipinski definition) is 4. The molecule has 4 heteroatoms. The molecular weight excluding hydrogens is 374 g/mol. The Labute approximate surface area is 180 Å². The number of aliphatic hydroxyl groups excluding tert-OH is 1. The van der Waals surface area contributed by atoms with Gasteiger partial charge in [0.15, 0.2) is 0 Å². The quantitative estimate of drug-likeness (QED) is 0.764. The molecule has 0 unspecified atom stereocenters. The molecule has 160 valence electrons. The Bertz CT molecular complexity index is 827. The summed E-state index contributed by atoms with van der Waals surface area (Å²) < 4.78 is 12.5. The Morgan fingerprint density at radius 3 is 2.53 bits per heavy atom. The van der Waals surface area contributed by atoms with Crippen LogP contribution < -0.4 is 4.74 Å². The highest BCUT2D eigenvalue weighted by atomic mass is 16.5. The fraction of sp³-hybridized carbons (Fsp3) is 0.500. The van der Waals surface area contributed by atoms with Gasteiger partial charge in [-0.2, -0.15) is 0 Å². The van der Waals surface area contributed by atoms with Gasteiger partial charge in [0, 0.05) is 25.9 Å². The summed E-state index contributed by atoms with van der Waals surface area (Å²) in [5.41, 5.74) is 3.13. The van der Waals surface area contributed by atoms with Gasteiger partial charge in [-0.1, -0.05) is 42.5 Å². The van der Waals surface area contributed by atoms with Gasteiger partial charge in [0.2, 0.25) is 0 Å². The van der Waals surface area contributed by atoms with Crippen molar-refractivity contribution in [3.63, 3.8) is 0 Å². The lowest BCUT2D eigenvalue weighted by Crippen LogP contribution is -2.50. The summed E-state index contributed by atoms with van der Waals surface area (Å²) in [6.07, 6.45) is 3.07. The third-order valence-electron chi connectivity index (χ3n) is 6.16. The summed E-state index contributed by atoms with van der Waals surface area (Å²) >= 11 is 0. The van der Waals surface area contributed by atoms with Crippen molar-refractivity contribution in [1.82, 2.24) is 4.90 Å². The van der Waals surface area contributed by atoms with E-state index in [9.17, 15) is 5.11 Å². The number of rotatable bonds is 5. The standard InChI is InChI=1S/C26H33NO3/c1-19(2)29-24-10-9-21(15-20(24)3)18-27-13-11-26(12-14-27)17-23(28)16-25(30-26)22-7-5-4-6-8-22/h4-10,15,19,23,25,28H,11-14,16-17H2,1-3H3/t23-,25-/m1/s1. The zero-order valence-corrected chi connectivity index (χ0v) is 18.3. The summed E-state index contributed by atoms with van der Waals surface area (Å²) in [6.45, 7) is 11.5. The number of aryl methyl sites for hydroxylation is 1. The molecule has 0 aliphatic carbocycles. The molecule has 1 N–H and O–H groups in total. The molecule has 30 heavy (non-hydrogen) atoms. The highest BCUT2D eigenvalue weighted by Crippen LogP contribution is 2.43. The lowest BCUT2D eigenvalue weighted by Gasteiger charge is -2.48. The second-order valence-electron chi connectivity index (χ2n) is 9.04. The van der Waals surface area contributed by atoms with Crippen LogP contribution in [0.15, 0.2) is 48.5 Å². The third-order valence-corrected chi connectivity index (χ3v) is 6.16. The molecule has 0 saturated carbocycles. The van der Waals surface area contributed by atoms with Crippen molar-refractivity contribution in [2.75, 3.05) is 13.1 Å². The van der Waals surface area contributed by atoms with E-state index in [2.05, 4.69) is 42.6 Å². The molecule has 0 bridgehead atoms. The van der Waals surface area contributed by atoms with Gasteiger partial charge in [-0.05, 0) is 56.4 Å². The molecule has 2 radical (unpaired) electrons. The smallest absolute Gasteiger partial charge is 0.122 e. The Morgan fingerprint density at radius 1 is 1.13 bits per heavy atom. The molecular formula is C26H33NO3. The van der Waals surface area contributed by atoms with E-state index in [1.807, 2.05) is 38.1 Å². The third kappa shape index (κ3) is 5.05. The molecule has 0 aromatic heterocycles. The van der Waals surface area contributed by atoms with Crippen LogP contribution in [0.2, 0.25) is 0 Å². The Hall–Kier alpha value is -1.88. The van der Waals surface area contributed by atoms with Crippen LogP contribution in [-0.4, -0.2) is 40.9 Å². The molecule has 2 aromatic rings. The number of nitrogens with zero attached hydrogens (tertiary/aromatic N) is 1. The average molecular weight is 408 g/mol. The Balaban J connectivity index is 1.37. The topological polar surface area (TPSA) is 41.9 Å². The number of piperidine rings is 1. The fourth-order valence-electron chi connectivity index (χ4n) is 4.67. The highest BCUT2D eigenvalue weighted by molar-refractivity contribution is 5.38. The van der Waals surface area contributed by atoms with Gasteiger partial charge in [-0.25, -0.2) is 0 Å². The number of ether oxygens (including phenoxy) is 2. The van der Waals surface area contributed by atoms with Crippen molar-refractivity contribution in [1.29, 1.82) is 0 Å². The van der Waals surface area contributed by atoms with E-state index in [-0.39, 0.29) is 23.9 Å². The molecule has 2 aromatic carbocycles. The minimum atomic E-state index is -0.306. The van der Waals surface area contributed by atoms with Gasteiger partial charge < -0.3 is 14.6 Å². The minimum absolute atomic E-state index is 0.0226. The van der Waals surface area contributed by atoms with Crippen LogP contribution in [0.3, 0.4) is 0 Å². The van der Waals surface area contributed by atoms with Crippen LogP contribution in [0.5, 0.6) is 5.75 Å². The van der Waals surface area contributed by atoms with Crippen LogP contribution in [0.1, 0.15) is 62.3 Å². The van der Waals surface area contributed by atoms with Crippen LogP contribution in [-0.2, 0) is 4.74 Å². The largest absolute Gasteiger partial charge is 0.491 e. The number of benzene rings is 2. The van der Waals surface area contributed by atoms with Crippen molar-refractivity contribution >= 4 is 0 Å². The maximum absolute atomic E-state index is 10.6. The van der Waals surface area contributed by atoms with Crippen LogP contribution in [0.4, 0.5) is 0 Å². The van der Waals surface area contributed by atoms with Crippen molar-refractivity contribution in [2.24, 2.45) is 0 Å². The van der Waals surface area contributed by atoms with Crippen molar-refractivity contribution < 1.29 is 14.6 Å². The van der Waals surface area contributed by atoms with Crippen molar-refractivity contribution in [3.05, 3.63) is 71.8 Å². The highest BCUT2D eigenvalue weighted by Gasteiger charge is 2.43. The molecule has 2 atom stereocenters. The maximum Gasteiger partial charge on any atom is 0.122 e. The maximum atomic E-state index is 10.6. The fourth-order valence-corrected chi connectivity index (χ4v) is 4.67. The minimum Gasteiger partial charge on any atom is -0.491 e. The molecule has 2 aliphatic rings. The van der Waals surface area contributed by atoms with E-state index in [1.54, 1.807) is 0 Å². The second kappa shape index (κ2) is 9.09. The predicted octanol–water partition coefficient (Wildman–Crippen LogP) is 4.92. The SMILES string of the molecule is Cc1cc([C]N2CCC3(CC2)C[C@H](O)C[C@H](c2ccccc2)O3)ccc1OC(C)C. The molecule has 0 amide bonds. The van der Waals surface area contributed by atoms with E-state index < -0.39 is 0 Å². The average Bonchev–Trinajstić information content (AvgIpc) is 2.72. The zero-order chi connectivity index (χ0) is 21.1. The lowest BCUT2D eigenvalue weighted by molar-refractivity contribution is -0.182. The van der Waals surface area contributed by atoms with E-state index >= 15 is 0 Å². The number of aliphatic hydroxyl groups is 1. The number of hydrogen-bond donors (Lipinski definition) is 1.